The van der Waals surface area contributed by atoms with Crippen LogP contribution in [0.2, 0.25) is 0 Å². The van der Waals surface area contributed by atoms with Crippen LogP contribution in [0, 0.1) is 6.92 Å². The van der Waals surface area contributed by atoms with Crippen molar-refractivity contribution < 1.29 is 4.79 Å². The van der Waals surface area contributed by atoms with E-state index in [1.165, 1.54) is 0 Å². The summed E-state index contributed by atoms with van der Waals surface area (Å²) in [5.41, 5.74) is 3.46. The molecule has 4 rings (SSSR count). The van der Waals surface area contributed by atoms with Crippen molar-refractivity contribution in [1.82, 2.24) is 20.6 Å². The largest absolute Gasteiger partial charge is 0.349 e. The lowest BCUT2D eigenvalue weighted by atomic mass is 10.1. The Morgan fingerprint density at radius 1 is 1.15 bits per heavy atom. The van der Waals surface area contributed by atoms with Crippen molar-refractivity contribution in [2.24, 2.45) is 0 Å². The highest BCUT2D eigenvalue weighted by Crippen LogP contribution is 2.20. The van der Waals surface area contributed by atoms with E-state index in [0.717, 1.165) is 48.1 Å². The Kier molecular flexibility index (Phi) is 4.98. The average molecular weight is 361 g/mol. The van der Waals surface area contributed by atoms with Gasteiger partial charge in [-0.15, -0.1) is 0 Å². The van der Waals surface area contributed by atoms with Crippen molar-refractivity contribution in [3.63, 3.8) is 0 Å². The van der Waals surface area contributed by atoms with Crippen LogP contribution in [0.5, 0.6) is 0 Å². The summed E-state index contributed by atoms with van der Waals surface area (Å²) in [6.07, 6.45) is 3.74. The third-order valence-corrected chi connectivity index (χ3v) is 4.87. The SMILES string of the molecule is Cc1cccc2cnc(Nc3cccc(C(=O)NC4CCNCC4)c3)nc12. The average Bonchev–Trinajstić information content (AvgIpc) is 2.70. The highest BCUT2D eigenvalue weighted by atomic mass is 16.1. The number of benzene rings is 2. The van der Waals surface area contributed by atoms with Crippen LogP contribution in [0.1, 0.15) is 28.8 Å². The standard InChI is InChI=1S/C21H23N5O/c1-14-4-2-6-16-13-23-21(26-19(14)16)25-18-7-3-5-15(12-18)20(27)24-17-8-10-22-11-9-17/h2-7,12-13,17,22H,8-11H2,1H3,(H,24,27)(H,23,25,26). The van der Waals surface area contributed by atoms with Crippen LogP contribution in [0.3, 0.4) is 0 Å². The maximum atomic E-state index is 12.5. The minimum absolute atomic E-state index is 0.0409. The monoisotopic (exact) mass is 361 g/mol. The molecule has 1 amide bonds. The quantitative estimate of drug-likeness (QED) is 0.665. The summed E-state index contributed by atoms with van der Waals surface area (Å²) >= 11 is 0. The first-order valence-electron chi connectivity index (χ1n) is 9.30. The molecule has 0 unspecified atom stereocenters. The molecule has 6 nitrogen and oxygen atoms in total. The van der Waals surface area contributed by atoms with Crippen LogP contribution in [-0.4, -0.2) is 35.0 Å². The first-order valence-corrected chi connectivity index (χ1v) is 9.30. The first kappa shape index (κ1) is 17.4. The van der Waals surface area contributed by atoms with Gasteiger partial charge in [0.05, 0.1) is 5.52 Å². The van der Waals surface area contributed by atoms with Crippen molar-refractivity contribution in [3.05, 3.63) is 59.8 Å². The molecule has 2 heterocycles. The smallest absolute Gasteiger partial charge is 0.251 e. The van der Waals surface area contributed by atoms with E-state index in [4.69, 9.17) is 0 Å². The molecule has 27 heavy (non-hydrogen) atoms. The minimum Gasteiger partial charge on any atom is -0.349 e. The fourth-order valence-corrected chi connectivity index (χ4v) is 3.37. The number of hydrogen-bond donors (Lipinski definition) is 3. The number of anilines is 2. The van der Waals surface area contributed by atoms with Crippen LogP contribution in [0.25, 0.3) is 10.9 Å². The van der Waals surface area contributed by atoms with Crippen molar-refractivity contribution >= 4 is 28.4 Å². The van der Waals surface area contributed by atoms with Gasteiger partial charge in [0.2, 0.25) is 5.95 Å². The van der Waals surface area contributed by atoms with Gasteiger partial charge in [-0.05, 0) is 56.6 Å². The van der Waals surface area contributed by atoms with Gasteiger partial charge in [-0.3, -0.25) is 4.79 Å². The van der Waals surface area contributed by atoms with Crippen molar-refractivity contribution in [2.45, 2.75) is 25.8 Å². The van der Waals surface area contributed by atoms with Crippen LogP contribution < -0.4 is 16.0 Å². The van der Waals surface area contributed by atoms with E-state index in [2.05, 4.69) is 25.9 Å². The minimum atomic E-state index is -0.0409. The van der Waals surface area contributed by atoms with Crippen molar-refractivity contribution in [3.8, 4) is 0 Å². The maximum Gasteiger partial charge on any atom is 0.251 e. The van der Waals surface area contributed by atoms with E-state index in [1.54, 1.807) is 0 Å². The normalized spacial score (nSPS) is 14.9. The Balaban J connectivity index is 1.50. The van der Waals surface area contributed by atoms with E-state index in [9.17, 15) is 4.79 Å². The molecule has 138 valence electrons. The van der Waals surface area contributed by atoms with E-state index in [1.807, 2.05) is 55.6 Å². The molecule has 0 radical (unpaired) electrons. The van der Waals surface area contributed by atoms with Gasteiger partial charge < -0.3 is 16.0 Å². The lowest BCUT2D eigenvalue weighted by Gasteiger charge is -2.23. The molecule has 3 aromatic rings. The third-order valence-electron chi connectivity index (χ3n) is 4.87. The Labute approximate surface area is 158 Å². The van der Waals surface area contributed by atoms with Crippen LogP contribution >= 0.6 is 0 Å². The second-order valence-corrected chi connectivity index (χ2v) is 6.91. The Morgan fingerprint density at radius 3 is 2.81 bits per heavy atom. The lowest BCUT2D eigenvalue weighted by Crippen LogP contribution is -2.42. The summed E-state index contributed by atoms with van der Waals surface area (Å²) in [5, 5.41) is 10.6. The fraction of sp³-hybridized carbons (Fsp3) is 0.286. The van der Waals surface area contributed by atoms with Gasteiger partial charge in [-0.1, -0.05) is 24.3 Å². The molecule has 1 aromatic heterocycles. The van der Waals surface area contributed by atoms with Crippen LogP contribution in [0.15, 0.2) is 48.7 Å². The second kappa shape index (κ2) is 7.72. The van der Waals surface area contributed by atoms with Gasteiger partial charge in [0.1, 0.15) is 0 Å². The zero-order valence-corrected chi connectivity index (χ0v) is 15.3. The summed E-state index contributed by atoms with van der Waals surface area (Å²) in [6, 6.07) is 13.7. The summed E-state index contributed by atoms with van der Waals surface area (Å²) in [7, 11) is 0. The van der Waals surface area contributed by atoms with E-state index in [-0.39, 0.29) is 11.9 Å². The molecule has 6 heteroatoms. The highest BCUT2D eigenvalue weighted by molar-refractivity contribution is 5.95. The topological polar surface area (TPSA) is 78.9 Å². The number of aryl methyl sites for hydroxylation is 1. The van der Waals surface area contributed by atoms with Gasteiger partial charge in [0.25, 0.3) is 5.91 Å². The Morgan fingerprint density at radius 2 is 1.96 bits per heavy atom. The van der Waals surface area contributed by atoms with Gasteiger partial charge in [-0.2, -0.15) is 0 Å². The third kappa shape index (κ3) is 4.06. The number of piperidine rings is 1. The number of hydrogen-bond acceptors (Lipinski definition) is 5. The predicted octanol–water partition coefficient (Wildman–Crippen LogP) is 3.16. The van der Waals surface area contributed by atoms with Gasteiger partial charge in [0.15, 0.2) is 0 Å². The molecule has 0 spiro atoms. The van der Waals surface area contributed by atoms with Gasteiger partial charge in [-0.25, -0.2) is 9.97 Å². The zero-order valence-electron chi connectivity index (χ0n) is 15.3. The molecule has 3 N–H and O–H groups in total. The fourth-order valence-electron chi connectivity index (χ4n) is 3.37. The van der Waals surface area contributed by atoms with Crippen LogP contribution in [-0.2, 0) is 0 Å². The number of para-hydroxylation sites is 1. The number of amides is 1. The molecular formula is C21H23N5O. The number of nitrogens with zero attached hydrogens (tertiary/aromatic N) is 2. The summed E-state index contributed by atoms with van der Waals surface area (Å²) in [5.74, 6) is 0.480. The maximum absolute atomic E-state index is 12.5. The number of carbonyl (C=O) groups excluding carboxylic acids is 1. The molecule has 1 fully saturated rings. The molecule has 1 saturated heterocycles. The number of aromatic nitrogens is 2. The predicted molar refractivity (Wildman–Crippen MR) is 107 cm³/mol. The molecule has 1 aliphatic rings. The highest BCUT2D eigenvalue weighted by Gasteiger charge is 2.16. The van der Waals surface area contributed by atoms with E-state index >= 15 is 0 Å². The number of rotatable bonds is 4. The van der Waals surface area contributed by atoms with Gasteiger partial charge in [0, 0.05) is 28.9 Å². The second-order valence-electron chi connectivity index (χ2n) is 6.91. The molecular weight excluding hydrogens is 338 g/mol. The van der Waals surface area contributed by atoms with Crippen molar-refractivity contribution in [1.29, 1.82) is 0 Å². The first-order chi connectivity index (χ1) is 13.2. The molecule has 0 bridgehead atoms. The summed E-state index contributed by atoms with van der Waals surface area (Å²) in [4.78, 5) is 21.5. The number of carbonyl (C=O) groups is 1. The summed E-state index contributed by atoms with van der Waals surface area (Å²) in [6.45, 7) is 3.93. The molecule has 1 aliphatic heterocycles. The Bertz CT molecular complexity index is 966. The molecule has 0 saturated carbocycles. The van der Waals surface area contributed by atoms with Gasteiger partial charge >= 0.3 is 0 Å². The molecule has 0 aliphatic carbocycles. The van der Waals surface area contributed by atoms with Crippen molar-refractivity contribution in [2.75, 3.05) is 18.4 Å². The number of nitrogens with one attached hydrogen (secondary N) is 3. The van der Waals surface area contributed by atoms with E-state index in [0.29, 0.717) is 11.5 Å². The lowest BCUT2D eigenvalue weighted by molar-refractivity contribution is 0.0929. The molecule has 0 atom stereocenters. The summed E-state index contributed by atoms with van der Waals surface area (Å²) < 4.78 is 0. The Hall–Kier alpha value is -2.99. The zero-order chi connectivity index (χ0) is 18.6. The molecule has 2 aromatic carbocycles. The number of fused-ring (bicyclic) bond motifs is 1. The van der Waals surface area contributed by atoms with Crippen LogP contribution in [0.4, 0.5) is 11.6 Å². The van der Waals surface area contributed by atoms with E-state index < -0.39 is 0 Å².